The van der Waals surface area contributed by atoms with Crippen molar-refractivity contribution in [1.82, 2.24) is 9.55 Å². The lowest BCUT2D eigenvalue weighted by atomic mass is 9.97. The Hall–Kier alpha value is -4.16. The summed E-state index contributed by atoms with van der Waals surface area (Å²) in [6.45, 7) is 4.73. The largest absolute Gasteiger partial charge is 0.573 e. The number of benzene rings is 2. The number of fused-ring (bicyclic) bond motifs is 1. The molecule has 10 nitrogen and oxygen atoms in total. The minimum Gasteiger partial charge on any atom is -0.493 e. The van der Waals surface area contributed by atoms with Gasteiger partial charge < -0.3 is 34.0 Å². The summed E-state index contributed by atoms with van der Waals surface area (Å²) in [6.07, 6.45) is -1.50. The van der Waals surface area contributed by atoms with Gasteiger partial charge in [0.05, 0.1) is 13.2 Å². The second-order valence-electron chi connectivity index (χ2n) is 9.86. The fraction of sp³-hybridized carbons (Fsp3) is 0.423. The quantitative estimate of drug-likeness (QED) is 0.265. The van der Waals surface area contributed by atoms with Gasteiger partial charge >= 0.3 is 18.2 Å². The number of alkyl halides is 3. The van der Waals surface area contributed by atoms with E-state index in [1.165, 1.54) is 30.5 Å². The van der Waals surface area contributed by atoms with Crippen molar-refractivity contribution >= 4 is 11.5 Å². The second-order valence-corrected chi connectivity index (χ2v) is 9.86. The summed E-state index contributed by atoms with van der Waals surface area (Å²) in [4.78, 5) is 16.5. The Morgan fingerprint density at radius 2 is 1.67 bits per heavy atom. The molecule has 0 N–H and O–H groups in total. The van der Waals surface area contributed by atoms with Gasteiger partial charge in [0.2, 0.25) is 0 Å². The first-order valence-electron chi connectivity index (χ1n) is 12.4. The van der Waals surface area contributed by atoms with Crippen molar-refractivity contribution in [3.63, 3.8) is 0 Å². The zero-order valence-corrected chi connectivity index (χ0v) is 21.1. The van der Waals surface area contributed by atoms with Gasteiger partial charge in [-0.2, -0.15) is 0 Å². The number of halogens is 3. The topological polar surface area (TPSA) is 101 Å². The maximum atomic E-state index is 12.3. The summed E-state index contributed by atoms with van der Waals surface area (Å²) in [6, 6.07) is 13.4. The van der Waals surface area contributed by atoms with Crippen LogP contribution in [0.5, 0.6) is 23.3 Å². The van der Waals surface area contributed by atoms with Crippen LogP contribution < -0.4 is 23.8 Å². The van der Waals surface area contributed by atoms with Crippen LogP contribution in [0.4, 0.5) is 24.7 Å². The Labute approximate surface area is 222 Å². The summed E-state index contributed by atoms with van der Waals surface area (Å²) in [7, 11) is 0. The molecule has 0 aliphatic carbocycles. The van der Waals surface area contributed by atoms with Gasteiger partial charge in [-0.05, 0) is 79.1 Å². The van der Waals surface area contributed by atoms with E-state index in [2.05, 4.69) is 14.6 Å². The summed E-state index contributed by atoms with van der Waals surface area (Å²) >= 11 is 0. The molecule has 0 amide bonds. The Kier molecular flexibility index (Phi) is 7.15. The van der Waals surface area contributed by atoms with Crippen LogP contribution >= 0.6 is 0 Å². The highest BCUT2D eigenvalue weighted by Gasteiger charge is 2.41. The van der Waals surface area contributed by atoms with Crippen LogP contribution in [0.2, 0.25) is 0 Å². The molecule has 0 unspecified atom stereocenters. The number of nitro groups is 1. The molecule has 208 valence electrons. The van der Waals surface area contributed by atoms with E-state index in [-0.39, 0.29) is 24.2 Å². The molecular formula is C26H27F3N4O6. The lowest BCUT2D eigenvalue weighted by Gasteiger charge is -2.33. The number of imidazole rings is 1. The number of aromatic nitrogens is 2. The first-order chi connectivity index (χ1) is 18.6. The van der Waals surface area contributed by atoms with Crippen molar-refractivity contribution < 1.29 is 37.0 Å². The first kappa shape index (κ1) is 26.4. The highest BCUT2D eigenvalue weighted by molar-refractivity contribution is 5.49. The van der Waals surface area contributed by atoms with Crippen molar-refractivity contribution in [2.75, 3.05) is 31.2 Å². The SMILES string of the molecule is C[C@]1(COc2ccc(N3CCC(COc4ccc(OC(F)(F)F)cc4)CC3)cc2)Cn2cc([N+](=O)[O-])nc2O1. The van der Waals surface area contributed by atoms with Gasteiger partial charge in [-0.25, -0.2) is 0 Å². The standard InChI is InChI=1S/C26H27F3N4O6/c1-25(16-32-14-23(33(34)35)30-24(32)39-25)17-37-21-4-2-19(3-5-21)31-12-10-18(11-13-31)15-36-20-6-8-22(9-7-20)38-26(27,28)29/h2-9,14,18H,10-13,15-17H2,1H3/t25-/m1/s1. The van der Waals surface area contributed by atoms with E-state index in [0.717, 1.165) is 31.6 Å². The molecule has 3 aromatic rings. The third kappa shape index (κ3) is 6.65. The number of rotatable bonds is 9. The Balaban J connectivity index is 1.04. The van der Waals surface area contributed by atoms with E-state index in [0.29, 0.717) is 30.6 Å². The first-order valence-corrected chi connectivity index (χ1v) is 12.4. The van der Waals surface area contributed by atoms with Crippen molar-refractivity contribution in [3.8, 4) is 23.3 Å². The van der Waals surface area contributed by atoms with Gasteiger partial charge in [0.15, 0.2) is 5.60 Å². The molecule has 2 aliphatic rings. The fourth-order valence-electron chi connectivity index (χ4n) is 4.66. The molecule has 1 saturated heterocycles. The van der Waals surface area contributed by atoms with Crippen molar-refractivity contribution in [2.45, 2.75) is 38.3 Å². The number of ether oxygens (including phenoxy) is 4. The van der Waals surface area contributed by atoms with Crippen LogP contribution in [-0.4, -0.2) is 52.7 Å². The van der Waals surface area contributed by atoms with Gasteiger partial charge in [0, 0.05) is 23.8 Å². The molecule has 0 saturated carbocycles. The maximum absolute atomic E-state index is 12.3. The second kappa shape index (κ2) is 10.5. The number of piperidine rings is 1. The molecule has 2 aliphatic heterocycles. The molecule has 5 rings (SSSR count). The third-order valence-corrected chi connectivity index (χ3v) is 6.66. The summed E-state index contributed by atoms with van der Waals surface area (Å²) in [5, 5.41) is 10.9. The van der Waals surface area contributed by atoms with E-state index >= 15 is 0 Å². The zero-order valence-electron chi connectivity index (χ0n) is 21.1. The molecule has 3 heterocycles. The van der Waals surface area contributed by atoms with Crippen molar-refractivity contribution in [3.05, 3.63) is 64.8 Å². The smallest absolute Gasteiger partial charge is 0.493 e. The number of nitrogens with zero attached hydrogens (tertiary/aromatic N) is 4. The van der Waals surface area contributed by atoms with Crippen LogP contribution in [0.1, 0.15) is 19.8 Å². The molecule has 2 aromatic carbocycles. The predicted molar refractivity (Wildman–Crippen MR) is 133 cm³/mol. The van der Waals surface area contributed by atoms with Crippen LogP contribution in [-0.2, 0) is 6.54 Å². The molecule has 0 bridgehead atoms. The lowest BCUT2D eigenvalue weighted by Crippen LogP contribution is -2.38. The van der Waals surface area contributed by atoms with Gasteiger partial charge in [-0.15, -0.1) is 13.2 Å². The Morgan fingerprint density at radius 3 is 2.28 bits per heavy atom. The van der Waals surface area contributed by atoms with Gasteiger partial charge in [-0.3, -0.25) is 4.57 Å². The van der Waals surface area contributed by atoms with Crippen molar-refractivity contribution in [2.24, 2.45) is 5.92 Å². The minimum absolute atomic E-state index is 0.213. The summed E-state index contributed by atoms with van der Waals surface area (Å²) in [5.74, 6) is 1.02. The van der Waals surface area contributed by atoms with E-state index in [4.69, 9.17) is 14.2 Å². The van der Waals surface area contributed by atoms with E-state index in [1.807, 2.05) is 31.2 Å². The summed E-state index contributed by atoms with van der Waals surface area (Å²) < 4.78 is 59.9. The van der Waals surface area contributed by atoms with Crippen LogP contribution in [0, 0.1) is 16.0 Å². The molecule has 13 heteroatoms. The molecule has 1 atom stereocenters. The molecule has 0 radical (unpaired) electrons. The monoisotopic (exact) mass is 548 g/mol. The highest BCUT2D eigenvalue weighted by Crippen LogP contribution is 2.32. The average Bonchev–Trinajstić information content (AvgIpc) is 3.43. The Bertz CT molecular complexity index is 1270. The minimum atomic E-state index is -4.72. The van der Waals surface area contributed by atoms with Crippen LogP contribution in [0.25, 0.3) is 0 Å². The zero-order chi connectivity index (χ0) is 27.6. The van der Waals surface area contributed by atoms with E-state index < -0.39 is 16.9 Å². The third-order valence-electron chi connectivity index (χ3n) is 6.66. The predicted octanol–water partition coefficient (Wildman–Crippen LogP) is 5.22. The average molecular weight is 549 g/mol. The summed E-state index contributed by atoms with van der Waals surface area (Å²) in [5.41, 5.74) is 0.400. The fourth-order valence-corrected chi connectivity index (χ4v) is 4.66. The normalized spacial score (nSPS) is 19.3. The Morgan fingerprint density at radius 1 is 1.05 bits per heavy atom. The molecule has 1 aromatic heterocycles. The van der Waals surface area contributed by atoms with Crippen LogP contribution in [0.15, 0.2) is 54.7 Å². The molecule has 1 fully saturated rings. The van der Waals surface area contributed by atoms with E-state index in [1.54, 1.807) is 4.57 Å². The van der Waals surface area contributed by atoms with Gasteiger partial charge in [0.25, 0.3) is 0 Å². The lowest BCUT2D eigenvalue weighted by molar-refractivity contribution is -0.389. The maximum Gasteiger partial charge on any atom is 0.573 e. The van der Waals surface area contributed by atoms with Crippen LogP contribution in [0.3, 0.4) is 0 Å². The van der Waals surface area contributed by atoms with Crippen molar-refractivity contribution in [1.29, 1.82) is 0 Å². The molecular weight excluding hydrogens is 521 g/mol. The molecule has 39 heavy (non-hydrogen) atoms. The van der Waals surface area contributed by atoms with E-state index in [9.17, 15) is 23.3 Å². The highest BCUT2D eigenvalue weighted by atomic mass is 19.4. The van der Waals surface area contributed by atoms with Gasteiger partial charge in [-0.1, -0.05) is 0 Å². The number of anilines is 1. The van der Waals surface area contributed by atoms with Gasteiger partial charge in [0.1, 0.15) is 30.1 Å². The molecule has 0 spiro atoms. The number of hydrogen-bond donors (Lipinski definition) is 0. The number of hydrogen-bond acceptors (Lipinski definition) is 8.